The van der Waals surface area contributed by atoms with Gasteiger partial charge in [-0.15, -0.1) is 0 Å². The second-order valence-corrected chi connectivity index (χ2v) is 7.53. The van der Waals surface area contributed by atoms with E-state index in [1.807, 2.05) is 41.0 Å². The number of rotatable bonds is 3. The fraction of sp³-hybridized carbons (Fsp3) is 0.526. The Kier molecular flexibility index (Phi) is 4.29. The van der Waals surface area contributed by atoms with Crippen molar-refractivity contribution in [1.82, 2.24) is 24.6 Å². The van der Waals surface area contributed by atoms with E-state index in [0.29, 0.717) is 5.69 Å². The lowest BCUT2D eigenvalue weighted by molar-refractivity contribution is 0.0671. The van der Waals surface area contributed by atoms with E-state index in [1.54, 1.807) is 6.20 Å². The molecular weight excluding hydrogens is 314 g/mol. The lowest BCUT2D eigenvalue weighted by atomic mass is 9.79. The number of piperidine rings is 1. The second-order valence-electron chi connectivity index (χ2n) is 7.53. The zero-order chi connectivity index (χ0) is 17.3. The molecule has 0 N–H and O–H groups in total. The van der Waals surface area contributed by atoms with Crippen LogP contribution in [0.2, 0.25) is 0 Å². The molecule has 2 aliphatic rings. The van der Waals surface area contributed by atoms with Crippen molar-refractivity contribution in [1.29, 1.82) is 0 Å². The third-order valence-corrected chi connectivity index (χ3v) is 5.51. The van der Waals surface area contributed by atoms with Gasteiger partial charge in [-0.25, -0.2) is 0 Å². The average Bonchev–Trinajstić information content (AvgIpc) is 3.22. The predicted octanol–water partition coefficient (Wildman–Crippen LogP) is 1.94. The van der Waals surface area contributed by atoms with Crippen molar-refractivity contribution in [2.45, 2.75) is 25.8 Å². The van der Waals surface area contributed by atoms with Crippen molar-refractivity contribution < 1.29 is 4.79 Å². The van der Waals surface area contributed by atoms with Crippen LogP contribution in [0.1, 0.15) is 35.3 Å². The largest absolute Gasteiger partial charge is 0.337 e. The maximum Gasteiger partial charge on any atom is 0.272 e. The first-order chi connectivity index (χ1) is 12.1. The van der Waals surface area contributed by atoms with Gasteiger partial charge < -0.3 is 4.90 Å². The number of aromatic nitrogens is 3. The Hall–Kier alpha value is -2.21. The molecule has 2 aromatic heterocycles. The SMILES string of the molecule is Cn1cc(CN2CCC[C@@]3(CCN(C(=O)c4ccccn4)C3)C2)cn1. The highest BCUT2D eigenvalue weighted by molar-refractivity contribution is 5.92. The van der Waals surface area contributed by atoms with Crippen LogP contribution in [0.15, 0.2) is 36.8 Å². The van der Waals surface area contributed by atoms with Gasteiger partial charge in [0.1, 0.15) is 5.69 Å². The molecule has 2 fully saturated rings. The van der Waals surface area contributed by atoms with Crippen LogP contribution in [0, 0.1) is 5.41 Å². The number of pyridine rings is 1. The van der Waals surface area contributed by atoms with Crippen molar-refractivity contribution in [3.8, 4) is 0 Å². The molecule has 6 heteroatoms. The van der Waals surface area contributed by atoms with Gasteiger partial charge in [-0.2, -0.15) is 5.10 Å². The van der Waals surface area contributed by atoms with Crippen LogP contribution in [-0.2, 0) is 13.6 Å². The number of amides is 1. The summed E-state index contributed by atoms with van der Waals surface area (Å²) in [6.45, 7) is 4.84. The number of carbonyl (C=O) groups excluding carboxylic acids is 1. The van der Waals surface area contributed by atoms with Gasteiger partial charge in [0.2, 0.25) is 0 Å². The summed E-state index contributed by atoms with van der Waals surface area (Å²) in [7, 11) is 1.96. The van der Waals surface area contributed by atoms with Crippen LogP contribution < -0.4 is 0 Å². The molecule has 2 aromatic rings. The number of aryl methyl sites for hydroxylation is 1. The van der Waals surface area contributed by atoms with Crippen LogP contribution in [0.4, 0.5) is 0 Å². The molecular formula is C19H25N5O. The summed E-state index contributed by atoms with van der Waals surface area (Å²) in [5.74, 6) is 0.0712. The molecule has 0 aromatic carbocycles. The van der Waals surface area contributed by atoms with E-state index in [2.05, 4.69) is 21.2 Å². The Labute approximate surface area is 148 Å². The van der Waals surface area contributed by atoms with Gasteiger partial charge in [0, 0.05) is 56.6 Å². The van der Waals surface area contributed by atoms with Gasteiger partial charge in [-0.05, 0) is 37.9 Å². The van der Waals surface area contributed by atoms with E-state index >= 15 is 0 Å². The molecule has 4 rings (SSSR count). The zero-order valence-electron chi connectivity index (χ0n) is 14.8. The van der Waals surface area contributed by atoms with E-state index in [0.717, 1.165) is 39.1 Å². The molecule has 1 atom stereocenters. The normalized spacial score (nSPS) is 24.1. The number of hydrogen-bond donors (Lipinski definition) is 0. The summed E-state index contributed by atoms with van der Waals surface area (Å²) >= 11 is 0. The Balaban J connectivity index is 1.41. The minimum absolute atomic E-state index is 0.0712. The minimum atomic E-state index is 0.0712. The summed E-state index contributed by atoms with van der Waals surface area (Å²) in [5, 5.41) is 4.27. The van der Waals surface area contributed by atoms with Crippen molar-refractivity contribution in [3.05, 3.63) is 48.0 Å². The Morgan fingerprint density at radius 2 is 2.16 bits per heavy atom. The molecule has 1 amide bonds. The standard InChI is InChI=1S/C19H25N5O/c1-22-12-16(11-21-22)13-23-9-4-6-19(14-23)7-10-24(15-19)18(25)17-5-2-3-8-20-17/h2-3,5,8,11-12H,4,6-7,9-10,13-15H2,1H3/t19-/m1/s1. The van der Waals surface area contributed by atoms with Crippen molar-refractivity contribution in [2.75, 3.05) is 26.2 Å². The van der Waals surface area contributed by atoms with Crippen LogP contribution in [0.25, 0.3) is 0 Å². The topological polar surface area (TPSA) is 54.3 Å². The van der Waals surface area contributed by atoms with E-state index in [4.69, 9.17) is 0 Å². The predicted molar refractivity (Wildman–Crippen MR) is 94.9 cm³/mol. The molecule has 0 unspecified atom stereocenters. The number of carbonyl (C=O) groups is 1. The highest BCUT2D eigenvalue weighted by atomic mass is 16.2. The van der Waals surface area contributed by atoms with Gasteiger partial charge in [0.25, 0.3) is 5.91 Å². The van der Waals surface area contributed by atoms with Gasteiger partial charge in [0.05, 0.1) is 6.20 Å². The lowest BCUT2D eigenvalue weighted by Crippen LogP contribution is -2.45. The second kappa shape index (κ2) is 6.59. The first-order valence-corrected chi connectivity index (χ1v) is 9.04. The smallest absolute Gasteiger partial charge is 0.272 e. The lowest BCUT2D eigenvalue weighted by Gasteiger charge is -2.40. The summed E-state index contributed by atoms with van der Waals surface area (Å²) in [6.07, 6.45) is 9.23. The maximum atomic E-state index is 12.7. The molecule has 0 aliphatic carbocycles. The first-order valence-electron chi connectivity index (χ1n) is 9.04. The highest BCUT2D eigenvalue weighted by Crippen LogP contribution is 2.39. The van der Waals surface area contributed by atoms with Crippen molar-refractivity contribution in [2.24, 2.45) is 12.5 Å². The van der Waals surface area contributed by atoms with Gasteiger partial charge in [-0.1, -0.05) is 6.07 Å². The molecule has 0 saturated carbocycles. The zero-order valence-corrected chi connectivity index (χ0v) is 14.8. The molecule has 6 nitrogen and oxygen atoms in total. The quantitative estimate of drug-likeness (QED) is 0.858. The molecule has 2 aliphatic heterocycles. The summed E-state index contributed by atoms with van der Waals surface area (Å²) in [4.78, 5) is 21.4. The van der Waals surface area contributed by atoms with Gasteiger partial charge in [0.15, 0.2) is 0 Å². The van der Waals surface area contributed by atoms with Crippen LogP contribution in [-0.4, -0.2) is 56.7 Å². The number of nitrogens with zero attached hydrogens (tertiary/aromatic N) is 5. The Morgan fingerprint density at radius 3 is 2.92 bits per heavy atom. The average molecular weight is 339 g/mol. The molecule has 1 spiro atoms. The minimum Gasteiger partial charge on any atom is -0.337 e. The first kappa shape index (κ1) is 16.3. The summed E-state index contributed by atoms with van der Waals surface area (Å²) in [5.41, 5.74) is 2.06. The van der Waals surface area contributed by atoms with Crippen LogP contribution >= 0.6 is 0 Å². The Bertz CT molecular complexity index is 743. The highest BCUT2D eigenvalue weighted by Gasteiger charge is 2.43. The van der Waals surface area contributed by atoms with Gasteiger partial charge in [-0.3, -0.25) is 19.4 Å². The van der Waals surface area contributed by atoms with E-state index in [9.17, 15) is 4.79 Å². The van der Waals surface area contributed by atoms with Crippen LogP contribution in [0.3, 0.4) is 0 Å². The van der Waals surface area contributed by atoms with Gasteiger partial charge >= 0.3 is 0 Å². The molecule has 4 heterocycles. The molecule has 25 heavy (non-hydrogen) atoms. The molecule has 0 radical (unpaired) electrons. The number of likely N-dealkylation sites (tertiary alicyclic amines) is 2. The molecule has 0 bridgehead atoms. The Morgan fingerprint density at radius 1 is 1.24 bits per heavy atom. The third-order valence-electron chi connectivity index (χ3n) is 5.51. The number of hydrogen-bond acceptors (Lipinski definition) is 4. The van der Waals surface area contributed by atoms with Crippen LogP contribution in [0.5, 0.6) is 0 Å². The summed E-state index contributed by atoms with van der Waals surface area (Å²) in [6, 6.07) is 5.53. The third kappa shape index (κ3) is 3.44. The van der Waals surface area contributed by atoms with Crippen molar-refractivity contribution in [3.63, 3.8) is 0 Å². The maximum absolute atomic E-state index is 12.7. The molecule has 2 saturated heterocycles. The van der Waals surface area contributed by atoms with Crippen molar-refractivity contribution >= 4 is 5.91 Å². The van der Waals surface area contributed by atoms with E-state index in [-0.39, 0.29) is 11.3 Å². The van der Waals surface area contributed by atoms with E-state index in [1.165, 1.54) is 18.4 Å². The monoisotopic (exact) mass is 339 g/mol. The fourth-order valence-corrected chi connectivity index (χ4v) is 4.35. The summed E-state index contributed by atoms with van der Waals surface area (Å²) < 4.78 is 1.86. The fourth-order valence-electron chi connectivity index (χ4n) is 4.35. The van der Waals surface area contributed by atoms with E-state index < -0.39 is 0 Å². The molecule has 132 valence electrons.